The molecule has 3 aliphatic rings. The van der Waals surface area contributed by atoms with Gasteiger partial charge < -0.3 is 30.7 Å². The zero-order valence-electron chi connectivity index (χ0n) is 17.4. The van der Waals surface area contributed by atoms with Gasteiger partial charge in [0.15, 0.2) is 5.82 Å². The van der Waals surface area contributed by atoms with Crippen molar-refractivity contribution in [2.24, 2.45) is 17.6 Å². The van der Waals surface area contributed by atoms with Crippen LogP contribution in [0.4, 0.5) is 0 Å². The van der Waals surface area contributed by atoms with Crippen LogP contribution < -0.4 is 11.1 Å². The molecule has 31 heavy (non-hydrogen) atoms. The summed E-state index contributed by atoms with van der Waals surface area (Å²) in [4.78, 5) is 41.9. The molecule has 2 fully saturated rings. The second kappa shape index (κ2) is 8.29. The number of carboxylic acids is 1. The van der Waals surface area contributed by atoms with Crippen LogP contribution in [0.5, 0.6) is 0 Å². The SMILES string of the molecule is C[C@@H](O)[C@H]1C(=O)N2C(C(=O)O)=C(S[C@@H]3CN[C@H](CCn4ccnc4C(N)=O)C3)[C@H](C)[C@H]12. The van der Waals surface area contributed by atoms with Gasteiger partial charge in [-0.3, -0.25) is 9.59 Å². The van der Waals surface area contributed by atoms with Gasteiger partial charge in [0.1, 0.15) is 5.70 Å². The predicted molar refractivity (Wildman–Crippen MR) is 113 cm³/mol. The Morgan fingerprint density at radius 3 is 2.84 bits per heavy atom. The maximum atomic E-state index is 12.5. The molecule has 0 aliphatic carbocycles. The molecule has 11 heteroatoms. The normalized spacial score (nSPS) is 31.0. The molecular weight excluding hydrogens is 422 g/mol. The highest BCUT2D eigenvalue weighted by molar-refractivity contribution is 8.03. The van der Waals surface area contributed by atoms with Crippen molar-refractivity contribution >= 4 is 29.5 Å². The molecule has 6 atom stereocenters. The second-order valence-electron chi connectivity index (χ2n) is 8.45. The fourth-order valence-corrected chi connectivity index (χ4v) is 6.48. The summed E-state index contributed by atoms with van der Waals surface area (Å²) >= 11 is 1.53. The number of aryl methyl sites for hydroxylation is 1. The number of hydrogen-bond donors (Lipinski definition) is 4. The van der Waals surface area contributed by atoms with E-state index in [9.17, 15) is 24.6 Å². The lowest BCUT2D eigenvalue weighted by molar-refractivity contribution is -0.163. The van der Waals surface area contributed by atoms with E-state index >= 15 is 0 Å². The number of carbonyl (C=O) groups is 3. The van der Waals surface area contributed by atoms with E-state index in [0.717, 1.165) is 19.4 Å². The Morgan fingerprint density at radius 1 is 1.45 bits per heavy atom. The third kappa shape index (κ3) is 3.74. The predicted octanol–water partition coefficient (Wildman–Crippen LogP) is -0.0105. The number of imidazole rings is 1. The number of rotatable bonds is 8. The van der Waals surface area contributed by atoms with Gasteiger partial charge in [0, 0.05) is 47.6 Å². The lowest BCUT2D eigenvalue weighted by Gasteiger charge is -2.46. The first-order valence-corrected chi connectivity index (χ1v) is 11.3. The molecule has 1 aromatic rings. The molecule has 0 bridgehead atoms. The number of aliphatic carboxylic acids is 1. The Morgan fingerprint density at radius 2 is 2.19 bits per heavy atom. The van der Waals surface area contributed by atoms with E-state index in [4.69, 9.17) is 5.73 Å². The Balaban J connectivity index is 1.40. The summed E-state index contributed by atoms with van der Waals surface area (Å²) < 4.78 is 1.74. The van der Waals surface area contributed by atoms with E-state index in [2.05, 4.69) is 10.3 Å². The van der Waals surface area contributed by atoms with Crippen molar-refractivity contribution in [3.63, 3.8) is 0 Å². The first-order valence-electron chi connectivity index (χ1n) is 10.4. The van der Waals surface area contributed by atoms with E-state index in [0.29, 0.717) is 11.4 Å². The highest BCUT2D eigenvalue weighted by Crippen LogP contribution is 2.51. The summed E-state index contributed by atoms with van der Waals surface area (Å²) in [7, 11) is 0. The molecule has 0 unspecified atom stereocenters. The summed E-state index contributed by atoms with van der Waals surface area (Å²) in [5.41, 5.74) is 5.40. The molecule has 0 saturated carbocycles. The van der Waals surface area contributed by atoms with Crippen LogP contribution in [0.3, 0.4) is 0 Å². The standard InChI is InChI=1S/C20H27N5O5S/c1-9-14-13(10(2)26)19(28)25(14)15(20(29)30)16(9)31-12-7-11(23-8-12)3-5-24-6-4-22-18(24)17(21)27/h4,6,9-14,23,26H,3,5,7-8H2,1-2H3,(H2,21,27)(H,29,30)/t9-,10-,11-,12+,13-,14-/m1/s1. The number of nitrogens with zero attached hydrogens (tertiary/aromatic N) is 3. The van der Waals surface area contributed by atoms with Gasteiger partial charge in [0.2, 0.25) is 5.91 Å². The maximum Gasteiger partial charge on any atom is 0.353 e. The molecule has 5 N–H and O–H groups in total. The summed E-state index contributed by atoms with van der Waals surface area (Å²) in [6, 6.07) is -0.0743. The monoisotopic (exact) mass is 449 g/mol. The Labute approximate surface area is 183 Å². The Hall–Kier alpha value is -2.37. The van der Waals surface area contributed by atoms with Crippen LogP contribution in [0, 0.1) is 11.8 Å². The number of hydrogen-bond acceptors (Lipinski definition) is 7. The van der Waals surface area contributed by atoms with Crippen LogP contribution in [0.2, 0.25) is 0 Å². The smallest absolute Gasteiger partial charge is 0.353 e. The van der Waals surface area contributed by atoms with Crippen molar-refractivity contribution in [2.75, 3.05) is 6.54 Å². The second-order valence-corrected chi connectivity index (χ2v) is 9.79. The quantitative estimate of drug-likeness (QED) is 0.405. The maximum absolute atomic E-state index is 12.5. The van der Waals surface area contributed by atoms with E-state index in [1.54, 1.807) is 23.9 Å². The van der Waals surface area contributed by atoms with E-state index < -0.39 is 23.9 Å². The zero-order chi connectivity index (χ0) is 22.4. The van der Waals surface area contributed by atoms with Gasteiger partial charge in [-0.25, -0.2) is 9.78 Å². The third-order valence-electron chi connectivity index (χ3n) is 6.44. The first-order chi connectivity index (χ1) is 14.7. The topological polar surface area (TPSA) is 151 Å². The van der Waals surface area contributed by atoms with Crippen molar-refractivity contribution in [2.45, 2.75) is 56.7 Å². The molecule has 2 saturated heterocycles. The number of thioether (sulfide) groups is 1. The number of aromatic nitrogens is 2. The first kappa shape index (κ1) is 21.8. The summed E-state index contributed by atoms with van der Waals surface area (Å²) in [6.45, 7) is 4.84. The van der Waals surface area contributed by atoms with Gasteiger partial charge in [0.25, 0.3) is 5.91 Å². The molecule has 3 aliphatic heterocycles. The lowest BCUT2D eigenvalue weighted by Crippen LogP contribution is -2.63. The van der Waals surface area contributed by atoms with E-state index in [1.807, 2.05) is 6.92 Å². The lowest BCUT2D eigenvalue weighted by atomic mass is 9.79. The number of β-lactam (4-membered cyclic amide) rings is 1. The molecule has 0 aromatic carbocycles. The van der Waals surface area contributed by atoms with Crippen molar-refractivity contribution in [1.82, 2.24) is 19.8 Å². The molecule has 1 aromatic heterocycles. The fourth-order valence-electron chi connectivity index (χ4n) is 4.96. The number of aliphatic hydroxyl groups is 1. The number of carbonyl (C=O) groups excluding carboxylic acids is 2. The average molecular weight is 450 g/mol. The van der Waals surface area contributed by atoms with Crippen LogP contribution >= 0.6 is 11.8 Å². The van der Waals surface area contributed by atoms with Crippen molar-refractivity contribution < 1.29 is 24.6 Å². The number of amides is 2. The van der Waals surface area contributed by atoms with Crippen LogP contribution in [0.1, 0.15) is 37.3 Å². The number of nitrogens with one attached hydrogen (secondary N) is 1. The fraction of sp³-hybridized carbons (Fsp3) is 0.600. The number of nitrogens with two attached hydrogens (primary N) is 1. The van der Waals surface area contributed by atoms with Crippen molar-refractivity contribution in [3.8, 4) is 0 Å². The molecule has 0 radical (unpaired) electrons. The number of fused-ring (bicyclic) bond motifs is 1. The highest BCUT2D eigenvalue weighted by atomic mass is 32.2. The average Bonchev–Trinajstić information content (AvgIpc) is 3.38. The number of aliphatic hydroxyl groups excluding tert-OH is 1. The van der Waals surface area contributed by atoms with E-state index in [-0.39, 0.29) is 40.7 Å². The summed E-state index contributed by atoms with van der Waals surface area (Å²) in [5.74, 6) is -2.41. The van der Waals surface area contributed by atoms with Crippen LogP contribution in [-0.2, 0) is 16.1 Å². The van der Waals surface area contributed by atoms with Gasteiger partial charge >= 0.3 is 5.97 Å². The zero-order valence-corrected chi connectivity index (χ0v) is 18.2. The molecule has 2 amide bonds. The summed E-state index contributed by atoms with van der Waals surface area (Å²) in [6.07, 6.45) is 4.10. The molecule has 168 valence electrons. The van der Waals surface area contributed by atoms with Gasteiger partial charge in [-0.15, -0.1) is 11.8 Å². The minimum atomic E-state index is -1.10. The van der Waals surface area contributed by atoms with Crippen LogP contribution in [-0.4, -0.2) is 72.4 Å². The van der Waals surface area contributed by atoms with Crippen molar-refractivity contribution in [3.05, 3.63) is 28.8 Å². The Bertz CT molecular complexity index is 944. The van der Waals surface area contributed by atoms with Crippen LogP contribution in [0.25, 0.3) is 0 Å². The van der Waals surface area contributed by atoms with Gasteiger partial charge in [0.05, 0.1) is 18.1 Å². The number of carboxylic acid groups (broad SMARTS) is 1. The van der Waals surface area contributed by atoms with Gasteiger partial charge in [-0.05, 0) is 19.8 Å². The largest absolute Gasteiger partial charge is 0.477 e. The Kier molecular flexibility index (Phi) is 5.84. The van der Waals surface area contributed by atoms with Gasteiger partial charge in [-0.1, -0.05) is 6.92 Å². The van der Waals surface area contributed by atoms with Gasteiger partial charge in [-0.2, -0.15) is 0 Å². The third-order valence-corrected chi connectivity index (χ3v) is 7.95. The van der Waals surface area contributed by atoms with Crippen molar-refractivity contribution in [1.29, 1.82) is 0 Å². The molecule has 10 nitrogen and oxygen atoms in total. The minimum absolute atomic E-state index is 0.0670. The minimum Gasteiger partial charge on any atom is -0.477 e. The molecule has 0 spiro atoms. The number of primary amides is 1. The van der Waals surface area contributed by atoms with E-state index in [1.165, 1.54) is 16.7 Å². The molecule has 4 heterocycles. The highest BCUT2D eigenvalue weighted by Gasteiger charge is 2.60. The molecular formula is C20H27N5O5S. The molecule has 4 rings (SSSR count). The summed E-state index contributed by atoms with van der Waals surface area (Å²) in [5, 5.41) is 23.4. The van der Waals surface area contributed by atoms with Crippen LogP contribution in [0.15, 0.2) is 23.0 Å².